The largest absolute Gasteiger partial charge is 0.477 e. The number of ether oxygens (including phenoxy) is 1. The molecule has 0 bridgehead atoms. The van der Waals surface area contributed by atoms with Crippen LogP contribution in [0.15, 0.2) is 11.6 Å². The quantitative estimate of drug-likeness (QED) is 0.410. The lowest BCUT2D eigenvalue weighted by atomic mass is 9.62. The molecule has 3 aliphatic rings. The number of hydrogen-bond donors (Lipinski definition) is 2. The van der Waals surface area contributed by atoms with E-state index in [4.69, 9.17) is 21.2 Å². The zero-order valence-corrected chi connectivity index (χ0v) is 21.9. The summed E-state index contributed by atoms with van der Waals surface area (Å²) in [7, 11) is 2.11. The Bertz CT molecular complexity index is 984. The molecule has 1 aromatic rings. The number of allylic oxidation sites excluding steroid dienone is 1. The maximum Gasteiger partial charge on any atom is 0.219 e. The summed E-state index contributed by atoms with van der Waals surface area (Å²) in [4.78, 5) is 40.5. The van der Waals surface area contributed by atoms with Crippen LogP contribution in [0.4, 0.5) is 5.82 Å². The molecule has 1 spiro atoms. The second-order valence-electron chi connectivity index (χ2n) is 10.8. The van der Waals surface area contributed by atoms with Crippen LogP contribution in [0.2, 0.25) is 0 Å². The van der Waals surface area contributed by atoms with Crippen LogP contribution >= 0.6 is 0 Å². The van der Waals surface area contributed by atoms with Gasteiger partial charge in [-0.2, -0.15) is 4.98 Å². The molecule has 1 saturated heterocycles. The fourth-order valence-corrected chi connectivity index (χ4v) is 5.65. The summed E-state index contributed by atoms with van der Waals surface area (Å²) < 4.78 is 6.10. The van der Waals surface area contributed by atoms with Crippen LogP contribution in [-0.2, 0) is 9.59 Å². The molecule has 2 heterocycles. The predicted molar refractivity (Wildman–Crippen MR) is 141 cm³/mol. The van der Waals surface area contributed by atoms with Crippen molar-refractivity contribution < 1.29 is 14.3 Å². The number of nitrogens with zero attached hydrogens (tertiary/aromatic N) is 4. The van der Waals surface area contributed by atoms with Crippen LogP contribution in [-0.4, -0.2) is 72.8 Å². The first kappa shape index (κ1) is 26.5. The molecule has 0 radical (unpaired) electrons. The van der Waals surface area contributed by atoms with Crippen molar-refractivity contribution in [2.45, 2.75) is 64.7 Å². The molecule has 198 valence electrons. The summed E-state index contributed by atoms with van der Waals surface area (Å²) in [5, 5.41) is 0. The fourth-order valence-electron chi connectivity index (χ4n) is 5.65. The van der Waals surface area contributed by atoms with Crippen molar-refractivity contribution in [1.29, 1.82) is 0 Å². The van der Waals surface area contributed by atoms with E-state index in [1.165, 1.54) is 0 Å². The highest BCUT2D eigenvalue weighted by Gasteiger charge is 2.49. The zero-order chi connectivity index (χ0) is 25.7. The van der Waals surface area contributed by atoms with Gasteiger partial charge >= 0.3 is 0 Å². The van der Waals surface area contributed by atoms with Gasteiger partial charge < -0.3 is 26.0 Å². The molecule has 2 atom stereocenters. The molecule has 4 N–H and O–H groups in total. The molecular formula is C27H42N6O3. The van der Waals surface area contributed by atoms with Gasteiger partial charge in [0.05, 0.1) is 17.7 Å². The van der Waals surface area contributed by atoms with Gasteiger partial charge in [0.1, 0.15) is 11.6 Å². The Morgan fingerprint density at radius 1 is 1.11 bits per heavy atom. The Morgan fingerprint density at radius 2 is 1.86 bits per heavy atom. The third-order valence-electron chi connectivity index (χ3n) is 8.03. The maximum absolute atomic E-state index is 13.7. The SMILES string of the molecule is C[C@@H](CCCN)COc1cc(N2CCN(C)CC2)nc(/C(N)=C2\CCC[C@@]3(CCCCC3=O)C2=O)n1. The average Bonchev–Trinajstić information content (AvgIpc) is 2.89. The monoisotopic (exact) mass is 498 g/mol. The van der Waals surface area contributed by atoms with Gasteiger partial charge in [-0.25, -0.2) is 4.98 Å². The van der Waals surface area contributed by atoms with Crippen LogP contribution in [0.25, 0.3) is 5.70 Å². The molecule has 2 saturated carbocycles. The third kappa shape index (κ3) is 5.72. The van der Waals surface area contributed by atoms with Crippen LogP contribution < -0.4 is 21.1 Å². The Hall–Kier alpha value is -2.52. The standard InChI is InChI=1S/C27H42N6O3/c1-19(7-6-12-28)18-36-23-17-22(33-15-13-32(2)14-16-33)30-26(31-23)24(29)20-8-5-11-27(25(20)35)10-4-3-9-21(27)34/h17,19H,3-16,18,28-29H2,1-2H3/b24-20-/t19-,27+/m0/s1. The van der Waals surface area contributed by atoms with E-state index in [0.717, 1.165) is 64.1 Å². The minimum absolute atomic E-state index is 0.0753. The number of hydrogen-bond acceptors (Lipinski definition) is 9. The molecule has 9 heteroatoms. The van der Waals surface area contributed by atoms with Gasteiger partial charge in [0, 0.05) is 44.2 Å². The van der Waals surface area contributed by atoms with E-state index in [0.29, 0.717) is 62.0 Å². The number of aromatic nitrogens is 2. The molecule has 0 aromatic carbocycles. The van der Waals surface area contributed by atoms with E-state index in [1.54, 1.807) is 0 Å². The van der Waals surface area contributed by atoms with E-state index in [1.807, 2.05) is 6.07 Å². The van der Waals surface area contributed by atoms with E-state index < -0.39 is 5.41 Å². The highest BCUT2D eigenvalue weighted by atomic mass is 16.5. The normalized spacial score (nSPS) is 25.8. The summed E-state index contributed by atoms with van der Waals surface area (Å²) in [6.07, 6.45) is 6.75. The van der Waals surface area contributed by atoms with E-state index in [2.05, 4.69) is 28.8 Å². The lowest BCUT2D eigenvalue weighted by Crippen LogP contribution is -2.45. The zero-order valence-electron chi connectivity index (χ0n) is 21.9. The van der Waals surface area contributed by atoms with Crippen molar-refractivity contribution in [2.75, 3.05) is 51.3 Å². The molecule has 36 heavy (non-hydrogen) atoms. The van der Waals surface area contributed by atoms with Gasteiger partial charge in [-0.15, -0.1) is 0 Å². The van der Waals surface area contributed by atoms with Crippen LogP contribution in [0, 0.1) is 11.3 Å². The average molecular weight is 499 g/mol. The number of carbonyl (C=O) groups is 2. The number of Topliss-reactive ketones (excluding diaryl/α,β-unsaturated/α-hetero) is 2. The minimum Gasteiger partial charge on any atom is -0.477 e. The van der Waals surface area contributed by atoms with Gasteiger partial charge in [0.15, 0.2) is 11.6 Å². The second-order valence-corrected chi connectivity index (χ2v) is 10.8. The van der Waals surface area contributed by atoms with Crippen molar-refractivity contribution in [3.8, 4) is 5.88 Å². The topological polar surface area (TPSA) is 128 Å². The maximum atomic E-state index is 13.7. The number of piperazine rings is 1. The summed E-state index contributed by atoms with van der Waals surface area (Å²) in [5.74, 6) is 1.84. The summed E-state index contributed by atoms with van der Waals surface area (Å²) >= 11 is 0. The molecule has 9 nitrogen and oxygen atoms in total. The Labute approximate surface area is 214 Å². The fraction of sp³-hybridized carbons (Fsp3) is 0.704. The van der Waals surface area contributed by atoms with Crippen molar-refractivity contribution in [3.05, 3.63) is 17.5 Å². The number of anilines is 1. The molecule has 3 fully saturated rings. The number of rotatable bonds is 8. The Balaban J connectivity index is 1.65. The van der Waals surface area contributed by atoms with Gasteiger partial charge in [0.2, 0.25) is 5.88 Å². The van der Waals surface area contributed by atoms with Crippen molar-refractivity contribution >= 4 is 23.1 Å². The number of nitrogens with two attached hydrogens (primary N) is 2. The molecule has 4 rings (SSSR count). The highest BCUT2D eigenvalue weighted by molar-refractivity contribution is 6.17. The molecule has 1 aliphatic heterocycles. The summed E-state index contributed by atoms with van der Waals surface area (Å²) in [5.41, 5.74) is 12.2. The van der Waals surface area contributed by atoms with Crippen molar-refractivity contribution in [1.82, 2.24) is 14.9 Å². The van der Waals surface area contributed by atoms with Crippen LogP contribution in [0.3, 0.4) is 0 Å². The van der Waals surface area contributed by atoms with Gasteiger partial charge in [-0.1, -0.05) is 13.3 Å². The van der Waals surface area contributed by atoms with E-state index in [9.17, 15) is 9.59 Å². The molecule has 0 amide bonds. The second kappa shape index (κ2) is 11.7. The molecular weight excluding hydrogens is 456 g/mol. The third-order valence-corrected chi connectivity index (χ3v) is 8.03. The molecule has 1 aromatic heterocycles. The predicted octanol–water partition coefficient (Wildman–Crippen LogP) is 2.53. The number of ketones is 2. The Kier molecular flexibility index (Phi) is 8.62. The van der Waals surface area contributed by atoms with E-state index >= 15 is 0 Å². The minimum atomic E-state index is -0.900. The lowest BCUT2D eigenvalue weighted by Gasteiger charge is -2.38. The van der Waals surface area contributed by atoms with E-state index in [-0.39, 0.29) is 17.3 Å². The van der Waals surface area contributed by atoms with Gasteiger partial charge in [-0.05, 0) is 64.5 Å². The van der Waals surface area contributed by atoms with Crippen molar-refractivity contribution in [3.63, 3.8) is 0 Å². The van der Waals surface area contributed by atoms with Gasteiger partial charge in [0.25, 0.3) is 0 Å². The van der Waals surface area contributed by atoms with Crippen LogP contribution in [0.1, 0.15) is 70.5 Å². The van der Waals surface area contributed by atoms with Crippen LogP contribution in [0.5, 0.6) is 5.88 Å². The molecule has 0 unspecified atom stereocenters. The number of likely N-dealkylation sites (N-methyl/N-ethyl adjacent to an activating group) is 1. The number of carbonyl (C=O) groups excluding carboxylic acids is 2. The summed E-state index contributed by atoms with van der Waals surface area (Å²) in [6.45, 7) is 6.87. The molecule has 2 aliphatic carbocycles. The lowest BCUT2D eigenvalue weighted by molar-refractivity contribution is -0.143. The van der Waals surface area contributed by atoms with Crippen molar-refractivity contribution in [2.24, 2.45) is 22.8 Å². The summed E-state index contributed by atoms with van der Waals surface area (Å²) in [6, 6.07) is 1.87. The first-order chi connectivity index (χ1) is 17.3. The first-order valence-corrected chi connectivity index (χ1v) is 13.6. The van der Waals surface area contributed by atoms with Gasteiger partial charge in [-0.3, -0.25) is 9.59 Å². The Morgan fingerprint density at radius 3 is 2.58 bits per heavy atom. The first-order valence-electron chi connectivity index (χ1n) is 13.6. The highest BCUT2D eigenvalue weighted by Crippen LogP contribution is 2.45. The smallest absolute Gasteiger partial charge is 0.219 e.